The number of carbonyl (C=O) groups is 1. The standard InChI is InChI=1S/C72H137NO8/c1-3-5-7-9-11-13-15-17-19-21-22-23-24-25-26-27-28-29-30-31-32-33-34-35-36-37-38-39-40-41-42-43-44-46-48-50-52-54-56-58-60-62-68(76)73-65(64-80-72-71(79)70(78)69(77)67(63-74)81-72)66(75)61-59-57-55-53-51-49-47-45-20-18-16-14-12-10-8-6-4-2/h15,17,21-22,59,61,65-67,69-72,74-75,77-79H,3-14,16,18-20,23-58,60,62-64H2,1-2H3,(H,73,76)/b17-15-,22-21-,61-59+. The molecule has 7 unspecified atom stereocenters. The van der Waals surface area contributed by atoms with Crippen LogP contribution in [0.5, 0.6) is 0 Å². The fourth-order valence-corrected chi connectivity index (χ4v) is 11.6. The number of aliphatic hydroxyl groups is 5. The molecule has 0 aromatic heterocycles. The highest BCUT2D eigenvalue weighted by molar-refractivity contribution is 5.76. The van der Waals surface area contributed by atoms with Gasteiger partial charge in [-0.25, -0.2) is 0 Å². The molecule has 0 aliphatic carbocycles. The van der Waals surface area contributed by atoms with E-state index in [0.717, 1.165) is 44.9 Å². The molecule has 1 saturated heterocycles. The van der Waals surface area contributed by atoms with Crippen molar-refractivity contribution in [3.8, 4) is 0 Å². The first-order chi connectivity index (χ1) is 39.8. The van der Waals surface area contributed by atoms with Gasteiger partial charge in [0.15, 0.2) is 6.29 Å². The number of carbonyl (C=O) groups excluding carboxylic acids is 1. The Hall–Kier alpha value is -1.59. The van der Waals surface area contributed by atoms with Gasteiger partial charge < -0.3 is 40.3 Å². The van der Waals surface area contributed by atoms with Gasteiger partial charge in [-0.05, 0) is 51.4 Å². The number of nitrogens with one attached hydrogen (secondary N) is 1. The second-order valence-corrected chi connectivity index (χ2v) is 25.0. The fourth-order valence-electron chi connectivity index (χ4n) is 11.6. The summed E-state index contributed by atoms with van der Waals surface area (Å²) in [5.74, 6) is -0.169. The third-order valence-corrected chi connectivity index (χ3v) is 17.2. The number of rotatable bonds is 63. The van der Waals surface area contributed by atoms with Crippen molar-refractivity contribution in [2.24, 2.45) is 0 Å². The van der Waals surface area contributed by atoms with Gasteiger partial charge in [0.2, 0.25) is 5.91 Å². The molecule has 478 valence electrons. The zero-order valence-corrected chi connectivity index (χ0v) is 53.6. The molecule has 81 heavy (non-hydrogen) atoms. The largest absolute Gasteiger partial charge is 0.394 e. The van der Waals surface area contributed by atoms with E-state index in [0.29, 0.717) is 6.42 Å². The minimum absolute atomic E-state index is 0.169. The van der Waals surface area contributed by atoms with E-state index in [1.807, 2.05) is 6.08 Å². The van der Waals surface area contributed by atoms with Gasteiger partial charge in [-0.1, -0.05) is 339 Å². The second-order valence-electron chi connectivity index (χ2n) is 25.0. The first-order valence-electron chi connectivity index (χ1n) is 35.7. The van der Waals surface area contributed by atoms with Crippen LogP contribution in [0.2, 0.25) is 0 Å². The molecule has 0 radical (unpaired) electrons. The number of amides is 1. The molecule has 0 aromatic rings. The zero-order chi connectivity index (χ0) is 58.6. The summed E-state index contributed by atoms with van der Waals surface area (Å²) >= 11 is 0. The third-order valence-electron chi connectivity index (χ3n) is 17.2. The summed E-state index contributed by atoms with van der Waals surface area (Å²) in [7, 11) is 0. The lowest BCUT2D eigenvalue weighted by atomic mass is 9.99. The molecule has 0 bridgehead atoms. The smallest absolute Gasteiger partial charge is 0.220 e. The molecule has 9 heteroatoms. The van der Waals surface area contributed by atoms with Crippen LogP contribution in [-0.4, -0.2) is 87.5 Å². The average Bonchev–Trinajstić information content (AvgIpc) is 3.49. The summed E-state index contributed by atoms with van der Waals surface area (Å²) in [4.78, 5) is 13.1. The molecule has 1 heterocycles. The number of hydrogen-bond acceptors (Lipinski definition) is 8. The van der Waals surface area contributed by atoms with Gasteiger partial charge in [0.1, 0.15) is 24.4 Å². The van der Waals surface area contributed by atoms with Crippen LogP contribution in [-0.2, 0) is 14.3 Å². The topological polar surface area (TPSA) is 149 Å². The van der Waals surface area contributed by atoms with E-state index in [4.69, 9.17) is 9.47 Å². The Labute approximate surface area is 501 Å². The highest BCUT2D eigenvalue weighted by Gasteiger charge is 2.44. The van der Waals surface area contributed by atoms with Crippen LogP contribution < -0.4 is 5.32 Å². The van der Waals surface area contributed by atoms with Crippen molar-refractivity contribution in [3.63, 3.8) is 0 Å². The van der Waals surface area contributed by atoms with Gasteiger partial charge >= 0.3 is 0 Å². The Morgan fingerprint density at radius 3 is 1.06 bits per heavy atom. The number of unbranched alkanes of at least 4 members (excludes halogenated alkanes) is 49. The summed E-state index contributed by atoms with van der Waals surface area (Å²) in [5, 5.41) is 54.7. The van der Waals surface area contributed by atoms with Crippen LogP contribution in [0.3, 0.4) is 0 Å². The van der Waals surface area contributed by atoms with E-state index in [9.17, 15) is 30.3 Å². The lowest BCUT2D eigenvalue weighted by molar-refractivity contribution is -0.302. The molecule has 0 spiro atoms. The Balaban J connectivity index is 2.02. The maximum Gasteiger partial charge on any atom is 0.220 e. The van der Waals surface area contributed by atoms with Crippen LogP contribution in [0, 0.1) is 0 Å². The van der Waals surface area contributed by atoms with Crippen LogP contribution in [0.4, 0.5) is 0 Å². The van der Waals surface area contributed by atoms with Crippen LogP contribution in [0.15, 0.2) is 36.5 Å². The monoisotopic (exact) mass is 1140 g/mol. The fraction of sp³-hybridized carbons (Fsp3) is 0.903. The van der Waals surface area contributed by atoms with Gasteiger partial charge in [0.05, 0.1) is 25.4 Å². The number of allylic oxidation sites excluding steroid dienone is 5. The van der Waals surface area contributed by atoms with Crippen LogP contribution in [0.1, 0.15) is 361 Å². The van der Waals surface area contributed by atoms with Crippen LogP contribution >= 0.6 is 0 Å². The van der Waals surface area contributed by atoms with Crippen molar-refractivity contribution in [3.05, 3.63) is 36.5 Å². The molecule has 9 nitrogen and oxygen atoms in total. The molecule has 1 aliphatic rings. The van der Waals surface area contributed by atoms with E-state index in [1.165, 1.54) is 295 Å². The van der Waals surface area contributed by atoms with Gasteiger partial charge in [0, 0.05) is 6.42 Å². The molecule has 0 saturated carbocycles. The van der Waals surface area contributed by atoms with Crippen molar-refractivity contribution in [2.75, 3.05) is 13.2 Å². The first kappa shape index (κ1) is 77.4. The highest BCUT2D eigenvalue weighted by Crippen LogP contribution is 2.23. The Morgan fingerprint density at radius 1 is 0.420 bits per heavy atom. The molecule has 7 atom stereocenters. The molecule has 1 fully saturated rings. The Morgan fingerprint density at radius 2 is 0.728 bits per heavy atom. The molecule has 1 rings (SSSR count). The number of hydrogen-bond donors (Lipinski definition) is 6. The van der Waals surface area contributed by atoms with E-state index >= 15 is 0 Å². The van der Waals surface area contributed by atoms with Crippen LogP contribution in [0.25, 0.3) is 0 Å². The maximum absolute atomic E-state index is 13.1. The predicted octanol–water partition coefficient (Wildman–Crippen LogP) is 19.4. The maximum atomic E-state index is 13.1. The normalized spacial score (nSPS) is 18.5. The van der Waals surface area contributed by atoms with E-state index in [-0.39, 0.29) is 12.5 Å². The van der Waals surface area contributed by atoms with Gasteiger partial charge in [0.25, 0.3) is 0 Å². The van der Waals surface area contributed by atoms with Crippen molar-refractivity contribution >= 4 is 5.91 Å². The number of ether oxygens (including phenoxy) is 2. The second kappa shape index (κ2) is 61.5. The summed E-state index contributed by atoms with van der Waals surface area (Å²) in [6.45, 7) is 3.81. The first-order valence-corrected chi connectivity index (χ1v) is 35.7. The number of aliphatic hydroxyl groups excluding tert-OH is 5. The summed E-state index contributed by atoms with van der Waals surface area (Å²) in [5.41, 5.74) is 0. The molecule has 6 N–H and O–H groups in total. The Bertz CT molecular complexity index is 1370. The minimum atomic E-state index is -1.57. The predicted molar refractivity (Wildman–Crippen MR) is 346 cm³/mol. The van der Waals surface area contributed by atoms with E-state index in [1.54, 1.807) is 6.08 Å². The lowest BCUT2D eigenvalue weighted by Crippen LogP contribution is -2.60. The molecular formula is C72H137NO8. The van der Waals surface area contributed by atoms with E-state index in [2.05, 4.69) is 43.5 Å². The van der Waals surface area contributed by atoms with Gasteiger partial charge in [-0.15, -0.1) is 0 Å². The van der Waals surface area contributed by atoms with E-state index < -0.39 is 49.5 Å². The lowest BCUT2D eigenvalue weighted by Gasteiger charge is -2.40. The zero-order valence-electron chi connectivity index (χ0n) is 53.6. The molecular weight excluding hydrogens is 1010 g/mol. The molecule has 0 aromatic carbocycles. The average molecular weight is 1140 g/mol. The highest BCUT2D eigenvalue weighted by atomic mass is 16.7. The third kappa shape index (κ3) is 50.3. The summed E-state index contributed by atoms with van der Waals surface area (Å²) in [6.07, 6.45) is 75.6. The molecule has 1 amide bonds. The quantitative estimate of drug-likeness (QED) is 0.0261. The van der Waals surface area contributed by atoms with Crippen molar-refractivity contribution in [1.29, 1.82) is 0 Å². The Kier molecular flexibility index (Phi) is 58.8. The summed E-state index contributed by atoms with van der Waals surface area (Å²) < 4.78 is 11.3. The van der Waals surface area contributed by atoms with Crippen molar-refractivity contribution < 1.29 is 39.8 Å². The van der Waals surface area contributed by atoms with Gasteiger partial charge in [-0.3, -0.25) is 4.79 Å². The minimum Gasteiger partial charge on any atom is -0.394 e. The SMILES string of the molecule is CCCCCCC/C=C\C/C=C\CCCCCCCCCCCCCCCCCCCCCCCCCCCCCCCC(=O)NC(COC1OC(CO)C(O)C(O)C1O)C(O)/C=C/CCCCCCCCCCCCCCCCC. The summed E-state index contributed by atoms with van der Waals surface area (Å²) in [6, 6.07) is -0.803. The van der Waals surface area contributed by atoms with Gasteiger partial charge in [-0.2, -0.15) is 0 Å². The van der Waals surface area contributed by atoms with Crippen molar-refractivity contribution in [1.82, 2.24) is 5.32 Å². The van der Waals surface area contributed by atoms with Crippen molar-refractivity contribution in [2.45, 2.75) is 403 Å². The molecule has 1 aliphatic heterocycles.